The number of ether oxygens (including phenoxy) is 3. The number of nitrogens with zero attached hydrogens (tertiary/aromatic N) is 2. The number of aliphatic hydroxyl groups is 1. The lowest BCUT2D eigenvalue weighted by Crippen LogP contribution is -2.41. The number of likely N-dealkylation sites (tertiary alicyclic amines) is 2. The van der Waals surface area contributed by atoms with E-state index in [2.05, 4.69) is 0 Å². The third-order valence-electron chi connectivity index (χ3n) is 8.25. The molecule has 0 atom stereocenters. The fourth-order valence-electron chi connectivity index (χ4n) is 5.57. The van der Waals surface area contributed by atoms with Crippen molar-refractivity contribution in [1.29, 1.82) is 0 Å². The van der Waals surface area contributed by atoms with Gasteiger partial charge in [-0.1, -0.05) is 60.7 Å². The van der Waals surface area contributed by atoms with Crippen LogP contribution >= 0.6 is 0 Å². The summed E-state index contributed by atoms with van der Waals surface area (Å²) < 4.78 is 16.1. The summed E-state index contributed by atoms with van der Waals surface area (Å²) in [6.45, 7) is 14.9. The summed E-state index contributed by atoms with van der Waals surface area (Å²) in [5.41, 5.74) is 0.938. The standard InChI is InChI=1S/C20H29NO4.C12H23NO3.C8H8O2/c1-20(2,3)25-19(23)21-12-9-16(10-13-21)11-14-24-18(22)15-17-7-5-4-6-8-17;1-12(2,3)16-11(15)13-7-4-10(5-8-13)6-9-14;9-8(10)6-7-4-2-1-3-5-7/h4-8,16H,9-15H2,1-3H3;10,14H,4-9H2,1-3H3;1-5H,6H2,(H,9,10). The van der Waals surface area contributed by atoms with E-state index in [0.717, 1.165) is 62.7 Å². The Bertz CT molecular complexity index is 1310. The minimum Gasteiger partial charge on any atom is -0.481 e. The molecule has 2 saturated heterocycles. The van der Waals surface area contributed by atoms with Crippen molar-refractivity contribution in [2.45, 2.75) is 104 Å². The van der Waals surface area contributed by atoms with Gasteiger partial charge in [0.1, 0.15) is 11.2 Å². The van der Waals surface area contributed by atoms with Crippen molar-refractivity contribution in [2.75, 3.05) is 39.4 Å². The molecule has 0 aliphatic carbocycles. The van der Waals surface area contributed by atoms with Gasteiger partial charge in [-0.25, -0.2) is 9.59 Å². The van der Waals surface area contributed by atoms with Gasteiger partial charge in [-0.2, -0.15) is 0 Å². The maximum absolute atomic E-state index is 12.0. The van der Waals surface area contributed by atoms with Crippen molar-refractivity contribution in [3.8, 4) is 0 Å². The highest BCUT2D eigenvalue weighted by Crippen LogP contribution is 2.23. The lowest BCUT2D eigenvalue weighted by Gasteiger charge is -2.33. The van der Waals surface area contributed by atoms with Gasteiger partial charge in [0, 0.05) is 32.8 Å². The monoisotopic (exact) mass is 712 g/mol. The Morgan fingerprint density at radius 2 is 1.04 bits per heavy atom. The number of carboxylic acid groups (broad SMARTS) is 1. The molecule has 11 heteroatoms. The summed E-state index contributed by atoms with van der Waals surface area (Å²) in [5.74, 6) is 0.0792. The van der Waals surface area contributed by atoms with Crippen LogP contribution in [0.15, 0.2) is 60.7 Å². The number of piperidine rings is 2. The second-order valence-electron chi connectivity index (χ2n) is 15.1. The number of benzene rings is 2. The summed E-state index contributed by atoms with van der Waals surface area (Å²) >= 11 is 0. The molecule has 2 N–H and O–H groups in total. The number of carbonyl (C=O) groups is 4. The lowest BCUT2D eigenvalue weighted by atomic mass is 9.94. The smallest absolute Gasteiger partial charge is 0.410 e. The van der Waals surface area contributed by atoms with E-state index in [0.29, 0.717) is 38.0 Å². The van der Waals surface area contributed by atoms with E-state index in [1.54, 1.807) is 21.9 Å². The summed E-state index contributed by atoms with van der Waals surface area (Å²) in [7, 11) is 0. The molecule has 0 bridgehead atoms. The molecule has 0 unspecified atom stereocenters. The van der Waals surface area contributed by atoms with Crippen LogP contribution in [0.5, 0.6) is 0 Å². The van der Waals surface area contributed by atoms with Crippen molar-refractivity contribution in [2.24, 2.45) is 11.8 Å². The molecule has 2 amide bonds. The Hall–Kier alpha value is -4.12. The maximum Gasteiger partial charge on any atom is 0.410 e. The van der Waals surface area contributed by atoms with Crippen molar-refractivity contribution >= 4 is 24.1 Å². The number of aliphatic carboxylic acids is 1. The average Bonchev–Trinajstić information content (AvgIpc) is 3.05. The van der Waals surface area contributed by atoms with Gasteiger partial charge in [0.2, 0.25) is 0 Å². The molecule has 4 rings (SSSR count). The van der Waals surface area contributed by atoms with E-state index in [1.165, 1.54) is 0 Å². The number of carbonyl (C=O) groups excluding carboxylic acids is 3. The van der Waals surface area contributed by atoms with Crippen LogP contribution in [-0.4, -0.2) is 94.7 Å². The van der Waals surface area contributed by atoms with Gasteiger partial charge in [-0.05, 0) is 103 Å². The molecule has 2 aliphatic heterocycles. The predicted octanol–water partition coefficient (Wildman–Crippen LogP) is 7.14. The van der Waals surface area contributed by atoms with Crippen molar-refractivity contribution in [1.82, 2.24) is 9.80 Å². The molecule has 2 fully saturated rings. The molecule has 2 aliphatic rings. The quantitative estimate of drug-likeness (QED) is 0.205. The summed E-state index contributed by atoms with van der Waals surface area (Å²) in [6.07, 6.45) is 5.48. The number of esters is 1. The minimum atomic E-state index is -0.786. The second kappa shape index (κ2) is 22.0. The SMILES string of the molecule is CC(C)(C)OC(=O)N1CCC(CCO)CC1.CC(C)(C)OC(=O)N1CCC(CCOC(=O)Cc2ccccc2)CC1.O=C(O)Cc1ccccc1. The van der Waals surface area contributed by atoms with Crippen LogP contribution in [0.4, 0.5) is 9.59 Å². The van der Waals surface area contributed by atoms with E-state index >= 15 is 0 Å². The number of hydrogen-bond acceptors (Lipinski definition) is 8. The average molecular weight is 713 g/mol. The summed E-state index contributed by atoms with van der Waals surface area (Å²) in [5, 5.41) is 17.2. The third kappa shape index (κ3) is 19.7. The third-order valence-corrected chi connectivity index (χ3v) is 8.25. The highest BCUT2D eigenvalue weighted by Gasteiger charge is 2.28. The van der Waals surface area contributed by atoms with Gasteiger partial charge in [0.15, 0.2) is 0 Å². The molecule has 0 radical (unpaired) electrons. The number of aliphatic hydroxyl groups excluding tert-OH is 1. The highest BCUT2D eigenvalue weighted by molar-refractivity contribution is 5.72. The molecule has 2 aromatic carbocycles. The van der Waals surface area contributed by atoms with Gasteiger partial charge in [-0.3, -0.25) is 9.59 Å². The molecular formula is C40H60N2O9. The van der Waals surface area contributed by atoms with E-state index < -0.39 is 17.2 Å². The molecule has 0 spiro atoms. The topological polar surface area (TPSA) is 143 Å². The van der Waals surface area contributed by atoms with Crippen LogP contribution in [0.2, 0.25) is 0 Å². The Labute approximate surface area is 304 Å². The van der Waals surface area contributed by atoms with Crippen LogP contribution in [0.25, 0.3) is 0 Å². The van der Waals surface area contributed by atoms with Gasteiger partial charge in [0.25, 0.3) is 0 Å². The van der Waals surface area contributed by atoms with Crippen LogP contribution in [0.3, 0.4) is 0 Å². The predicted molar refractivity (Wildman–Crippen MR) is 196 cm³/mol. The molecule has 2 heterocycles. The van der Waals surface area contributed by atoms with E-state index in [-0.39, 0.29) is 31.2 Å². The number of carboxylic acids is 1. The number of rotatable bonds is 9. The fourth-order valence-corrected chi connectivity index (χ4v) is 5.57. The molecule has 2 aromatic rings. The lowest BCUT2D eigenvalue weighted by molar-refractivity contribution is -0.143. The van der Waals surface area contributed by atoms with E-state index in [1.807, 2.05) is 90.1 Å². The largest absolute Gasteiger partial charge is 0.481 e. The molecule has 11 nitrogen and oxygen atoms in total. The molecular weight excluding hydrogens is 652 g/mol. The second-order valence-corrected chi connectivity index (χ2v) is 15.1. The maximum atomic E-state index is 12.0. The Morgan fingerprint density at radius 3 is 1.41 bits per heavy atom. The summed E-state index contributed by atoms with van der Waals surface area (Å²) in [4.78, 5) is 49.3. The zero-order valence-corrected chi connectivity index (χ0v) is 31.5. The number of hydrogen-bond donors (Lipinski definition) is 2. The van der Waals surface area contributed by atoms with E-state index in [9.17, 15) is 19.2 Å². The zero-order valence-electron chi connectivity index (χ0n) is 31.5. The first-order valence-electron chi connectivity index (χ1n) is 18.1. The Morgan fingerprint density at radius 1 is 0.647 bits per heavy atom. The van der Waals surface area contributed by atoms with Crippen molar-refractivity contribution in [3.63, 3.8) is 0 Å². The normalized spacial score (nSPS) is 15.4. The van der Waals surface area contributed by atoms with Crippen LogP contribution in [0, 0.1) is 11.8 Å². The first kappa shape index (κ1) is 43.0. The first-order valence-corrected chi connectivity index (χ1v) is 18.1. The van der Waals surface area contributed by atoms with Gasteiger partial charge >= 0.3 is 24.1 Å². The van der Waals surface area contributed by atoms with Crippen LogP contribution < -0.4 is 0 Å². The first-order chi connectivity index (χ1) is 24.0. The molecule has 284 valence electrons. The van der Waals surface area contributed by atoms with Gasteiger partial charge in [-0.15, -0.1) is 0 Å². The zero-order chi connectivity index (χ0) is 37.9. The number of amides is 2. The van der Waals surface area contributed by atoms with E-state index in [4.69, 9.17) is 24.4 Å². The van der Waals surface area contributed by atoms with Gasteiger partial charge in [0.05, 0.1) is 19.4 Å². The summed E-state index contributed by atoms with van der Waals surface area (Å²) in [6, 6.07) is 18.7. The fraction of sp³-hybridized carbons (Fsp3) is 0.600. The highest BCUT2D eigenvalue weighted by atomic mass is 16.6. The molecule has 0 aromatic heterocycles. The van der Waals surface area contributed by atoms with Crippen molar-refractivity contribution in [3.05, 3.63) is 71.8 Å². The Balaban J connectivity index is 0.000000295. The van der Waals surface area contributed by atoms with Gasteiger partial charge < -0.3 is 34.2 Å². The van der Waals surface area contributed by atoms with Crippen LogP contribution in [0.1, 0.15) is 91.2 Å². The van der Waals surface area contributed by atoms with Crippen molar-refractivity contribution < 1.29 is 43.6 Å². The molecule has 51 heavy (non-hydrogen) atoms. The minimum absolute atomic E-state index is 0.112. The Kier molecular flexibility index (Phi) is 18.5. The van der Waals surface area contributed by atoms with Crippen LogP contribution in [-0.2, 0) is 36.6 Å². The molecule has 0 saturated carbocycles.